The minimum Gasteiger partial charge on any atom is -0.489 e. The van der Waals surface area contributed by atoms with Gasteiger partial charge >= 0.3 is 0 Å². The number of anilines is 1. The molecule has 1 amide bonds. The first-order valence-corrected chi connectivity index (χ1v) is 8.98. The molecular formula is C23H18N2O3. The lowest BCUT2D eigenvalue weighted by atomic mass is 10.0. The lowest BCUT2D eigenvalue weighted by Crippen LogP contribution is -2.43. The van der Waals surface area contributed by atoms with Gasteiger partial charge in [-0.3, -0.25) is 9.69 Å². The number of carbonyl (C=O) groups is 1. The van der Waals surface area contributed by atoms with Crippen molar-refractivity contribution in [1.29, 1.82) is 5.26 Å². The summed E-state index contributed by atoms with van der Waals surface area (Å²) < 4.78 is 11.6. The Balaban J connectivity index is 1.61. The molecule has 0 N–H and O–H groups in total. The maximum Gasteiger partial charge on any atom is 0.265 e. The Morgan fingerprint density at radius 1 is 1.07 bits per heavy atom. The van der Waals surface area contributed by atoms with Gasteiger partial charge in [0.15, 0.2) is 6.61 Å². The Hall–Kier alpha value is -3.78. The van der Waals surface area contributed by atoms with Crippen LogP contribution in [0.3, 0.4) is 0 Å². The molecule has 0 bridgehead atoms. The third kappa shape index (κ3) is 3.53. The van der Waals surface area contributed by atoms with E-state index in [0.717, 1.165) is 11.3 Å². The van der Waals surface area contributed by atoms with Crippen LogP contribution in [0.1, 0.15) is 17.2 Å². The maximum absolute atomic E-state index is 13.2. The zero-order valence-electron chi connectivity index (χ0n) is 15.1. The van der Waals surface area contributed by atoms with E-state index in [1.807, 2.05) is 54.6 Å². The fourth-order valence-electron chi connectivity index (χ4n) is 3.29. The molecule has 5 heteroatoms. The standard InChI is InChI=1S/C23H18N2O3/c24-14-17-7-6-10-19(13-17)27-16-23(26)25-20-11-4-5-12-22(20)28-15-21(25)18-8-2-1-3-9-18/h1-13,21H,15-16H2/t21-/m0/s1. The van der Waals surface area contributed by atoms with Crippen molar-refractivity contribution < 1.29 is 14.3 Å². The number of nitriles is 1. The SMILES string of the molecule is N#Cc1cccc(OCC(=O)N2c3ccccc3OC[C@H]2c2ccccc2)c1. The van der Waals surface area contributed by atoms with Crippen molar-refractivity contribution in [2.24, 2.45) is 0 Å². The number of nitrogens with zero attached hydrogens (tertiary/aromatic N) is 2. The molecule has 5 nitrogen and oxygen atoms in total. The van der Waals surface area contributed by atoms with Crippen molar-refractivity contribution in [3.05, 3.63) is 90.0 Å². The number of para-hydroxylation sites is 2. The van der Waals surface area contributed by atoms with Gasteiger partial charge in [-0.2, -0.15) is 5.26 Å². The van der Waals surface area contributed by atoms with Crippen LogP contribution in [0.25, 0.3) is 0 Å². The highest BCUT2D eigenvalue weighted by atomic mass is 16.5. The Labute approximate surface area is 163 Å². The Morgan fingerprint density at radius 3 is 2.68 bits per heavy atom. The second kappa shape index (κ2) is 7.85. The first-order valence-electron chi connectivity index (χ1n) is 8.98. The molecule has 0 spiro atoms. The van der Waals surface area contributed by atoms with Crippen molar-refractivity contribution in [1.82, 2.24) is 0 Å². The number of amides is 1. The summed E-state index contributed by atoms with van der Waals surface area (Å²) in [7, 11) is 0. The lowest BCUT2D eigenvalue weighted by Gasteiger charge is -2.37. The largest absolute Gasteiger partial charge is 0.489 e. The molecule has 28 heavy (non-hydrogen) atoms. The van der Waals surface area contributed by atoms with Gasteiger partial charge in [-0.25, -0.2) is 0 Å². The van der Waals surface area contributed by atoms with Crippen LogP contribution < -0.4 is 14.4 Å². The molecule has 1 aliphatic rings. The van der Waals surface area contributed by atoms with E-state index in [9.17, 15) is 4.79 Å². The summed E-state index contributed by atoms with van der Waals surface area (Å²) >= 11 is 0. The average Bonchev–Trinajstić information content (AvgIpc) is 2.77. The van der Waals surface area contributed by atoms with Gasteiger partial charge in [0.05, 0.1) is 23.4 Å². The molecule has 4 rings (SSSR count). The Morgan fingerprint density at radius 2 is 1.86 bits per heavy atom. The highest BCUT2D eigenvalue weighted by molar-refractivity contribution is 5.97. The third-order valence-electron chi connectivity index (χ3n) is 4.61. The van der Waals surface area contributed by atoms with E-state index in [0.29, 0.717) is 23.7 Å². The third-order valence-corrected chi connectivity index (χ3v) is 4.61. The molecule has 0 aromatic heterocycles. The molecule has 1 heterocycles. The second-order valence-corrected chi connectivity index (χ2v) is 6.40. The number of hydrogen-bond acceptors (Lipinski definition) is 4. The zero-order chi connectivity index (χ0) is 19.3. The van der Waals surface area contributed by atoms with Crippen LogP contribution in [-0.2, 0) is 4.79 Å². The number of hydrogen-bond donors (Lipinski definition) is 0. The number of ether oxygens (including phenoxy) is 2. The molecule has 0 aliphatic carbocycles. The average molecular weight is 370 g/mol. The molecular weight excluding hydrogens is 352 g/mol. The number of fused-ring (bicyclic) bond motifs is 1. The molecule has 138 valence electrons. The summed E-state index contributed by atoms with van der Waals surface area (Å²) in [5, 5.41) is 9.02. The van der Waals surface area contributed by atoms with Crippen LogP contribution in [0.2, 0.25) is 0 Å². The number of benzene rings is 3. The predicted octanol–water partition coefficient (Wildman–Crippen LogP) is 4.10. The molecule has 0 saturated heterocycles. The van der Waals surface area contributed by atoms with Gasteiger partial charge in [0.2, 0.25) is 0 Å². The van der Waals surface area contributed by atoms with E-state index < -0.39 is 0 Å². The van der Waals surface area contributed by atoms with Crippen LogP contribution in [0.4, 0.5) is 5.69 Å². The summed E-state index contributed by atoms with van der Waals surface area (Å²) in [4.78, 5) is 14.9. The molecule has 1 atom stereocenters. The normalized spacial score (nSPS) is 15.1. The van der Waals surface area contributed by atoms with Crippen LogP contribution in [0.15, 0.2) is 78.9 Å². The second-order valence-electron chi connectivity index (χ2n) is 6.40. The lowest BCUT2D eigenvalue weighted by molar-refractivity contribution is -0.121. The van der Waals surface area contributed by atoms with Gasteiger partial charge in [-0.05, 0) is 35.9 Å². The van der Waals surface area contributed by atoms with Gasteiger partial charge in [-0.15, -0.1) is 0 Å². The van der Waals surface area contributed by atoms with Gasteiger partial charge in [0.25, 0.3) is 5.91 Å². The van der Waals surface area contributed by atoms with E-state index >= 15 is 0 Å². The van der Waals surface area contributed by atoms with Gasteiger partial charge < -0.3 is 9.47 Å². The molecule has 0 unspecified atom stereocenters. The highest BCUT2D eigenvalue weighted by Crippen LogP contribution is 2.39. The smallest absolute Gasteiger partial charge is 0.265 e. The molecule has 3 aromatic carbocycles. The first-order chi connectivity index (χ1) is 13.8. The van der Waals surface area contributed by atoms with E-state index in [4.69, 9.17) is 14.7 Å². The van der Waals surface area contributed by atoms with Gasteiger partial charge in [-0.1, -0.05) is 48.5 Å². The van der Waals surface area contributed by atoms with Crippen molar-refractivity contribution in [2.45, 2.75) is 6.04 Å². The summed E-state index contributed by atoms with van der Waals surface area (Å²) in [6.45, 7) is 0.239. The van der Waals surface area contributed by atoms with Crippen molar-refractivity contribution in [2.75, 3.05) is 18.1 Å². The van der Waals surface area contributed by atoms with E-state index in [1.165, 1.54) is 0 Å². The fourth-order valence-corrected chi connectivity index (χ4v) is 3.29. The van der Waals surface area contributed by atoms with Crippen LogP contribution >= 0.6 is 0 Å². The molecule has 0 saturated carbocycles. The highest BCUT2D eigenvalue weighted by Gasteiger charge is 2.33. The molecule has 0 fully saturated rings. The van der Waals surface area contributed by atoms with Gasteiger partial charge in [0.1, 0.15) is 18.1 Å². The van der Waals surface area contributed by atoms with Crippen molar-refractivity contribution in [3.8, 4) is 17.6 Å². The van der Waals surface area contributed by atoms with Crippen molar-refractivity contribution >= 4 is 11.6 Å². The van der Waals surface area contributed by atoms with Crippen molar-refractivity contribution in [3.63, 3.8) is 0 Å². The van der Waals surface area contributed by atoms with Gasteiger partial charge in [0, 0.05) is 0 Å². The Bertz CT molecular complexity index is 1030. The topological polar surface area (TPSA) is 62.6 Å². The van der Waals surface area contributed by atoms with E-state index in [2.05, 4.69) is 6.07 Å². The summed E-state index contributed by atoms with van der Waals surface area (Å²) in [6.07, 6.45) is 0. The number of rotatable bonds is 4. The minimum absolute atomic E-state index is 0.132. The fraction of sp³-hybridized carbons (Fsp3) is 0.130. The Kier molecular flexibility index (Phi) is 4.94. The summed E-state index contributed by atoms with van der Waals surface area (Å²) in [5.74, 6) is 0.992. The zero-order valence-corrected chi connectivity index (χ0v) is 15.1. The van der Waals surface area contributed by atoms with Crippen LogP contribution in [0, 0.1) is 11.3 Å². The van der Waals surface area contributed by atoms with E-state index in [-0.39, 0.29) is 18.6 Å². The molecule has 1 aliphatic heterocycles. The summed E-state index contributed by atoms with van der Waals surface area (Å²) in [5.41, 5.74) is 2.21. The molecule has 3 aromatic rings. The summed E-state index contributed by atoms with van der Waals surface area (Å²) in [6, 6.07) is 25.9. The molecule has 0 radical (unpaired) electrons. The van der Waals surface area contributed by atoms with E-state index in [1.54, 1.807) is 29.2 Å². The predicted molar refractivity (Wildman–Crippen MR) is 105 cm³/mol. The number of carbonyl (C=O) groups excluding carboxylic acids is 1. The maximum atomic E-state index is 13.2. The van der Waals surface area contributed by atoms with Crippen LogP contribution in [0.5, 0.6) is 11.5 Å². The van der Waals surface area contributed by atoms with Crippen LogP contribution in [-0.4, -0.2) is 19.1 Å². The quantitative estimate of drug-likeness (QED) is 0.694. The minimum atomic E-state index is -0.238. The monoisotopic (exact) mass is 370 g/mol. The first kappa shape index (κ1) is 17.6.